The summed E-state index contributed by atoms with van der Waals surface area (Å²) in [7, 11) is 0. The molecule has 4 rings (SSSR count). The molecule has 0 spiro atoms. The number of nitro groups is 2. The van der Waals surface area contributed by atoms with Crippen LogP contribution in [0.25, 0.3) is 17.4 Å². The predicted octanol–water partition coefficient (Wildman–Crippen LogP) is 4.42. The Labute approximate surface area is 174 Å². The molecule has 10 heteroatoms. The Morgan fingerprint density at radius 1 is 0.968 bits per heavy atom. The molecule has 154 valence electrons. The lowest BCUT2D eigenvalue weighted by Gasteiger charge is -2.04. The fraction of sp³-hybridized carbons (Fsp3) is 0.0476. The molecule has 0 N–H and O–H groups in total. The van der Waals surface area contributed by atoms with E-state index in [0.717, 1.165) is 0 Å². The van der Waals surface area contributed by atoms with Crippen LogP contribution in [-0.4, -0.2) is 21.7 Å². The van der Waals surface area contributed by atoms with Crippen LogP contribution in [0.1, 0.15) is 16.9 Å². The summed E-state index contributed by atoms with van der Waals surface area (Å²) in [5.41, 5.74) is 1.14. The third-order valence-electron chi connectivity index (χ3n) is 4.62. The number of aliphatic imine (C=N–C) groups is 1. The average Bonchev–Trinajstić information content (AvgIpc) is 3.35. The fourth-order valence-corrected chi connectivity index (χ4v) is 3.05. The third kappa shape index (κ3) is 3.81. The summed E-state index contributed by atoms with van der Waals surface area (Å²) >= 11 is 0. The molecule has 0 atom stereocenters. The number of hydrogen-bond acceptors (Lipinski definition) is 8. The van der Waals surface area contributed by atoms with Crippen LogP contribution in [0.3, 0.4) is 0 Å². The first-order chi connectivity index (χ1) is 14.8. The molecule has 31 heavy (non-hydrogen) atoms. The van der Waals surface area contributed by atoms with E-state index in [1.165, 1.54) is 30.3 Å². The lowest BCUT2D eigenvalue weighted by molar-refractivity contribution is -0.385. The van der Waals surface area contributed by atoms with Crippen LogP contribution < -0.4 is 0 Å². The van der Waals surface area contributed by atoms with Gasteiger partial charge in [-0.3, -0.25) is 20.2 Å². The molecule has 2 aromatic carbocycles. The van der Waals surface area contributed by atoms with E-state index >= 15 is 0 Å². The van der Waals surface area contributed by atoms with Crippen molar-refractivity contribution in [1.82, 2.24) is 0 Å². The first-order valence-corrected chi connectivity index (χ1v) is 8.95. The fourth-order valence-electron chi connectivity index (χ4n) is 3.05. The minimum atomic E-state index is -0.714. The number of nitro benzene ring substituents is 2. The van der Waals surface area contributed by atoms with E-state index in [1.807, 2.05) is 0 Å². The second kappa shape index (κ2) is 7.67. The maximum absolute atomic E-state index is 12.2. The lowest BCUT2D eigenvalue weighted by Crippen LogP contribution is -2.08. The molecule has 0 amide bonds. The Morgan fingerprint density at radius 2 is 1.71 bits per heavy atom. The number of furan rings is 1. The van der Waals surface area contributed by atoms with Crippen LogP contribution >= 0.6 is 0 Å². The van der Waals surface area contributed by atoms with Gasteiger partial charge in [0.25, 0.3) is 11.4 Å². The van der Waals surface area contributed by atoms with Gasteiger partial charge in [0.05, 0.1) is 9.85 Å². The second-order valence-electron chi connectivity index (χ2n) is 6.55. The first kappa shape index (κ1) is 19.7. The van der Waals surface area contributed by atoms with Crippen molar-refractivity contribution in [1.29, 1.82) is 0 Å². The number of carbonyl (C=O) groups excluding carboxylic acids is 1. The van der Waals surface area contributed by atoms with Gasteiger partial charge >= 0.3 is 5.97 Å². The number of nitrogens with zero attached hydrogens (tertiary/aromatic N) is 3. The van der Waals surface area contributed by atoms with Gasteiger partial charge in [-0.05, 0) is 37.3 Å². The van der Waals surface area contributed by atoms with Gasteiger partial charge in [-0.2, -0.15) is 0 Å². The molecule has 0 aliphatic carbocycles. The van der Waals surface area contributed by atoms with E-state index in [0.29, 0.717) is 28.2 Å². The van der Waals surface area contributed by atoms with Crippen LogP contribution in [0.5, 0.6) is 0 Å². The highest BCUT2D eigenvalue weighted by molar-refractivity contribution is 6.13. The summed E-state index contributed by atoms with van der Waals surface area (Å²) in [5, 5.41) is 21.9. The SMILES string of the molecule is Cc1c(C2=N/C(=C\c3ccc(-c4ccc([N+](=O)[O-])cc4)o3)C(=O)O2)cccc1[N+](=O)[O-]. The number of cyclic esters (lactones) is 1. The van der Waals surface area contributed by atoms with E-state index < -0.39 is 15.8 Å². The maximum atomic E-state index is 12.2. The van der Waals surface area contributed by atoms with Crippen LogP contribution in [0.4, 0.5) is 11.4 Å². The van der Waals surface area contributed by atoms with Gasteiger partial charge in [-0.25, -0.2) is 9.79 Å². The molecule has 0 unspecified atom stereocenters. The number of rotatable bonds is 5. The molecule has 1 aromatic heterocycles. The second-order valence-corrected chi connectivity index (χ2v) is 6.55. The topological polar surface area (TPSA) is 138 Å². The van der Waals surface area contributed by atoms with Gasteiger partial charge < -0.3 is 9.15 Å². The van der Waals surface area contributed by atoms with E-state index in [-0.39, 0.29) is 23.0 Å². The number of benzene rings is 2. The van der Waals surface area contributed by atoms with Gasteiger partial charge in [-0.15, -0.1) is 0 Å². The Balaban J connectivity index is 1.62. The lowest BCUT2D eigenvalue weighted by atomic mass is 10.1. The number of hydrogen-bond donors (Lipinski definition) is 0. The van der Waals surface area contributed by atoms with Gasteiger partial charge in [0.1, 0.15) is 11.5 Å². The average molecular weight is 419 g/mol. The standard InChI is InChI=1S/C21H13N3O7/c1-12-16(3-2-4-18(12)24(28)29)20-22-17(21(25)31-20)11-15-9-10-19(30-15)13-5-7-14(8-6-13)23(26)27/h2-11H,1H3/b17-11-. The summed E-state index contributed by atoms with van der Waals surface area (Å²) in [4.78, 5) is 37.3. The van der Waals surface area contributed by atoms with Crippen molar-refractivity contribution in [2.45, 2.75) is 6.92 Å². The number of non-ortho nitro benzene ring substituents is 1. The van der Waals surface area contributed by atoms with Crippen LogP contribution in [0.15, 0.2) is 69.7 Å². The normalized spacial score (nSPS) is 14.4. The smallest absolute Gasteiger partial charge is 0.363 e. The van der Waals surface area contributed by atoms with Crippen molar-refractivity contribution >= 4 is 29.3 Å². The zero-order valence-electron chi connectivity index (χ0n) is 16.0. The minimum absolute atomic E-state index is 0.0227. The van der Waals surface area contributed by atoms with E-state index in [9.17, 15) is 25.0 Å². The Hall–Kier alpha value is -4.60. The molecule has 1 aliphatic heterocycles. The molecule has 3 aromatic rings. The molecule has 0 fully saturated rings. The van der Waals surface area contributed by atoms with Crippen molar-refractivity contribution in [2.75, 3.05) is 0 Å². The largest absolute Gasteiger partial charge is 0.457 e. The van der Waals surface area contributed by atoms with Crippen LogP contribution in [0.2, 0.25) is 0 Å². The van der Waals surface area contributed by atoms with Crippen molar-refractivity contribution in [3.8, 4) is 11.3 Å². The highest BCUT2D eigenvalue weighted by atomic mass is 16.6. The van der Waals surface area contributed by atoms with Crippen LogP contribution in [0, 0.1) is 27.2 Å². The van der Waals surface area contributed by atoms with E-state index in [4.69, 9.17) is 9.15 Å². The first-order valence-electron chi connectivity index (χ1n) is 8.95. The Bertz CT molecular complexity index is 1290. The molecular weight excluding hydrogens is 406 g/mol. The molecular formula is C21H13N3O7. The Kier molecular flexibility index (Phi) is 4.88. The molecule has 0 saturated carbocycles. The molecule has 2 heterocycles. The van der Waals surface area contributed by atoms with Gasteiger partial charge in [0, 0.05) is 41.0 Å². The molecule has 10 nitrogen and oxygen atoms in total. The summed E-state index contributed by atoms with van der Waals surface area (Å²) in [5.74, 6) is 0.0294. The van der Waals surface area contributed by atoms with E-state index in [1.54, 1.807) is 37.3 Å². The summed E-state index contributed by atoms with van der Waals surface area (Å²) < 4.78 is 10.9. The molecule has 0 bridgehead atoms. The summed E-state index contributed by atoms with van der Waals surface area (Å²) in [6, 6.07) is 13.5. The van der Waals surface area contributed by atoms with Crippen molar-refractivity contribution < 1.29 is 23.8 Å². The quantitative estimate of drug-likeness (QED) is 0.258. The van der Waals surface area contributed by atoms with Crippen LogP contribution in [-0.2, 0) is 9.53 Å². The zero-order chi connectivity index (χ0) is 22.1. The zero-order valence-corrected chi connectivity index (χ0v) is 16.0. The highest BCUT2D eigenvalue weighted by Gasteiger charge is 2.27. The monoisotopic (exact) mass is 419 g/mol. The van der Waals surface area contributed by atoms with Crippen molar-refractivity contribution in [3.63, 3.8) is 0 Å². The molecule has 1 aliphatic rings. The summed E-state index contributed by atoms with van der Waals surface area (Å²) in [6.45, 7) is 1.55. The Morgan fingerprint density at radius 3 is 2.39 bits per heavy atom. The van der Waals surface area contributed by atoms with E-state index in [2.05, 4.69) is 4.99 Å². The number of ether oxygens (including phenoxy) is 1. The number of esters is 1. The number of carbonyl (C=O) groups is 1. The van der Waals surface area contributed by atoms with Gasteiger partial charge in [0.15, 0.2) is 5.70 Å². The van der Waals surface area contributed by atoms with Gasteiger partial charge in [-0.1, -0.05) is 6.07 Å². The van der Waals surface area contributed by atoms with Gasteiger partial charge in [0.2, 0.25) is 5.90 Å². The maximum Gasteiger partial charge on any atom is 0.363 e. The van der Waals surface area contributed by atoms with Crippen molar-refractivity contribution in [3.05, 3.63) is 97.4 Å². The predicted molar refractivity (Wildman–Crippen MR) is 109 cm³/mol. The summed E-state index contributed by atoms with van der Waals surface area (Å²) in [6.07, 6.45) is 1.39. The highest BCUT2D eigenvalue weighted by Crippen LogP contribution is 2.28. The molecule has 0 saturated heterocycles. The molecule has 0 radical (unpaired) electrons. The minimum Gasteiger partial charge on any atom is -0.457 e. The third-order valence-corrected chi connectivity index (χ3v) is 4.62. The van der Waals surface area contributed by atoms with Crippen molar-refractivity contribution in [2.24, 2.45) is 4.99 Å².